The Bertz CT molecular complexity index is 396. The van der Waals surface area contributed by atoms with E-state index in [0.29, 0.717) is 12.1 Å². The second-order valence-electron chi connectivity index (χ2n) is 6.70. The molecule has 0 spiro atoms. The first kappa shape index (κ1) is 11.2. The molecule has 4 atom stereocenters. The molecule has 0 aromatic rings. The summed E-state index contributed by atoms with van der Waals surface area (Å²) in [7, 11) is 0. The van der Waals surface area contributed by atoms with Gasteiger partial charge in [0.1, 0.15) is 0 Å². The van der Waals surface area contributed by atoms with E-state index in [4.69, 9.17) is 9.98 Å². The van der Waals surface area contributed by atoms with Crippen LogP contribution in [0, 0.1) is 11.8 Å². The summed E-state index contributed by atoms with van der Waals surface area (Å²) in [5.41, 5.74) is 2.88. The zero-order valence-electron chi connectivity index (χ0n) is 11.3. The van der Waals surface area contributed by atoms with Gasteiger partial charge in [0.25, 0.3) is 0 Å². The number of aliphatic imine (C=N–C) groups is 2. The molecule has 1 aliphatic heterocycles. The van der Waals surface area contributed by atoms with Crippen molar-refractivity contribution in [3.05, 3.63) is 0 Å². The van der Waals surface area contributed by atoms with E-state index in [1.807, 2.05) is 0 Å². The van der Waals surface area contributed by atoms with E-state index in [2.05, 4.69) is 0 Å². The monoisotopic (exact) mass is 244 g/mol. The van der Waals surface area contributed by atoms with Crippen LogP contribution in [0.1, 0.15) is 64.2 Å². The zero-order chi connectivity index (χ0) is 11.9. The topological polar surface area (TPSA) is 24.7 Å². The molecular formula is C16H24N2. The summed E-state index contributed by atoms with van der Waals surface area (Å²) in [6, 6.07) is 1.11. The van der Waals surface area contributed by atoms with E-state index in [-0.39, 0.29) is 0 Å². The predicted molar refractivity (Wildman–Crippen MR) is 75.6 cm³/mol. The molecule has 0 saturated heterocycles. The molecule has 4 aliphatic rings. The Morgan fingerprint density at radius 3 is 2.33 bits per heavy atom. The quantitative estimate of drug-likeness (QED) is 0.619. The third-order valence-corrected chi connectivity index (χ3v) is 5.63. The SMILES string of the molecule is C1CCC2C3=NC4CCCCC4N=C3CCC2C1. The summed E-state index contributed by atoms with van der Waals surface area (Å²) in [6.07, 6.45) is 13.6. The fraction of sp³-hybridized carbons (Fsp3) is 0.875. The molecule has 3 fully saturated rings. The van der Waals surface area contributed by atoms with Gasteiger partial charge in [0.05, 0.1) is 23.5 Å². The van der Waals surface area contributed by atoms with Gasteiger partial charge in [-0.1, -0.05) is 25.7 Å². The lowest BCUT2D eigenvalue weighted by atomic mass is 9.68. The van der Waals surface area contributed by atoms with Crippen LogP contribution in [0.25, 0.3) is 0 Å². The maximum atomic E-state index is 5.20. The van der Waals surface area contributed by atoms with Gasteiger partial charge in [-0.3, -0.25) is 9.98 Å². The van der Waals surface area contributed by atoms with E-state index < -0.39 is 0 Å². The molecule has 2 nitrogen and oxygen atoms in total. The van der Waals surface area contributed by atoms with Crippen molar-refractivity contribution in [3.8, 4) is 0 Å². The number of hydrogen-bond acceptors (Lipinski definition) is 2. The van der Waals surface area contributed by atoms with E-state index >= 15 is 0 Å². The van der Waals surface area contributed by atoms with Crippen molar-refractivity contribution in [1.82, 2.24) is 0 Å². The molecule has 4 unspecified atom stereocenters. The van der Waals surface area contributed by atoms with Gasteiger partial charge in [0.2, 0.25) is 0 Å². The molecule has 4 rings (SSSR count). The molecule has 0 aromatic heterocycles. The highest BCUT2D eigenvalue weighted by molar-refractivity contribution is 6.44. The van der Waals surface area contributed by atoms with Gasteiger partial charge in [0.15, 0.2) is 0 Å². The minimum Gasteiger partial charge on any atom is -0.282 e. The standard InChI is InChI=1S/C16H24N2/c1-2-6-12-11(5-1)9-10-15-16(12)18-14-8-4-3-7-13(14)17-15/h11-14H,1-10H2. The normalized spacial score (nSPS) is 43.1. The van der Waals surface area contributed by atoms with Crippen LogP contribution in [0.15, 0.2) is 9.98 Å². The molecule has 0 bridgehead atoms. The second kappa shape index (κ2) is 4.47. The maximum absolute atomic E-state index is 5.20. The average Bonchev–Trinajstić information content (AvgIpc) is 2.45. The fourth-order valence-electron chi connectivity index (χ4n) is 4.65. The number of nitrogens with zero attached hydrogens (tertiary/aromatic N) is 2. The summed E-state index contributed by atoms with van der Waals surface area (Å²) >= 11 is 0. The summed E-state index contributed by atoms with van der Waals surface area (Å²) in [6.45, 7) is 0. The molecule has 18 heavy (non-hydrogen) atoms. The lowest BCUT2D eigenvalue weighted by Gasteiger charge is -2.41. The Morgan fingerprint density at radius 1 is 0.722 bits per heavy atom. The zero-order valence-corrected chi connectivity index (χ0v) is 11.3. The largest absolute Gasteiger partial charge is 0.282 e. The van der Waals surface area contributed by atoms with Crippen molar-refractivity contribution in [2.75, 3.05) is 0 Å². The van der Waals surface area contributed by atoms with E-state index in [1.54, 1.807) is 0 Å². The predicted octanol–water partition coefficient (Wildman–Crippen LogP) is 3.79. The van der Waals surface area contributed by atoms with Gasteiger partial charge in [-0.25, -0.2) is 0 Å². The Hall–Kier alpha value is -0.660. The lowest BCUT2D eigenvalue weighted by Crippen LogP contribution is -2.44. The first-order chi connectivity index (χ1) is 8.92. The van der Waals surface area contributed by atoms with Crippen LogP contribution in [0.5, 0.6) is 0 Å². The van der Waals surface area contributed by atoms with Crippen LogP contribution in [0.3, 0.4) is 0 Å². The molecule has 0 amide bonds. The molecule has 2 heteroatoms. The molecule has 0 N–H and O–H groups in total. The van der Waals surface area contributed by atoms with Crippen LogP contribution in [0.4, 0.5) is 0 Å². The second-order valence-corrected chi connectivity index (χ2v) is 6.70. The highest BCUT2D eigenvalue weighted by atomic mass is 15.0. The molecular weight excluding hydrogens is 220 g/mol. The molecule has 0 radical (unpaired) electrons. The van der Waals surface area contributed by atoms with Gasteiger partial charge in [-0.15, -0.1) is 0 Å². The third kappa shape index (κ3) is 1.76. The van der Waals surface area contributed by atoms with Crippen molar-refractivity contribution >= 4 is 11.4 Å². The van der Waals surface area contributed by atoms with Gasteiger partial charge < -0.3 is 0 Å². The highest BCUT2D eigenvalue weighted by Crippen LogP contribution is 2.40. The first-order valence-corrected chi connectivity index (χ1v) is 8.06. The fourth-order valence-corrected chi connectivity index (χ4v) is 4.65. The van der Waals surface area contributed by atoms with Gasteiger partial charge in [-0.2, -0.15) is 0 Å². The molecule has 3 aliphatic carbocycles. The van der Waals surface area contributed by atoms with Crippen molar-refractivity contribution in [1.29, 1.82) is 0 Å². The van der Waals surface area contributed by atoms with Gasteiger partial charge in [0, 0.05) is 5.92 Å². The van der Waals surface area contributed by atoms with Gasteiger partial charge in [-0.05, 0) is 44.4 Å². The summed E-state index contributed by atoms with van der Waals surface area (Å²) < 4.78 is 0. The van der Waals surface area contributed by atoms with Crippen molar-refractivity contribution in [2.45, 2.75) is 76.3 Å². The van der Waals surface area contributed by atoms with Crippen molar-refractivity contribution in [3.63, 3.8) is 0 Å². The van der Waals surface area contributed by atoms with Crippen LogP contribution in [0.2, 0.25) is 0 Å². The summed E-state index contributed by atoms with van der Waals surface area (Å²) in [5, 5.41) is 0. The van der Waals surface area contributed by atoms with E-state index in [1.165, 1.54) is 75.6 Å². The highest BCUT2D eigenvalue weighted by Gasteiger charge is 2.39. The number of rotatable bonds is 0. The smallest absolute Gasteiger partial charge is 0.0727 e. The Kier molecular flexibility index (Phi) is 2.78. The minimum absolute atomic E-state index is 0.553. The minimum atomic E-state index is 0.553. The van der Waals surface area contributed by atoms with E-state index in [9.17, 15) is 0 Å². The van der Waals surface area contributed by atoms with Crippen LogP contribution >= 0.6 is 0 Å². The summed E-state index contributed by atoms with van der Waals surface area (Å²) in [4.78, 5) is 10.3. The number of fused-ring (bicyclic) bond motifs is 4. The lowest BCUT2D eigenvalue weighted by molar-refractivity contribution is 0.277. The summed E-state index contributed by atoms with van der Waals surface area (Å²) in [5.74, 6) is 1.73. The average molecular weight is 244 g/mol. The Labute approximate surface area is 110 Å². The molecule has 98 valence electrons. The molecule has 1 heterocycles. The Morgan fingerprint density at radius 2 is 1.44 bits per heavy atom. The molecule has 3 saturated carbocycles. The van der Waals surface area contributed by atoms with Crippen LogP contribution in [-0.4, -0.2) is 23.5 Å². The third-order valence-electron chi connectivity index (χ3n) is 5.63. The maximum Gasteiger partial charge on any atom is 0.0727 e. The molecule has 0 aromatic carbocycles. The van der Waals surface area contributed by atoms with Crippen LogP contribution < -0.4 is 0 Å². The van der Waals surface area contributed by atoms with Crippen molar-refractivity contribution < 1.29 is 0 Å². The first-order valence-electron chi connectivity index (χ1n) is 8.06. The van der Waals surface area contributed by atoms with Crippen LogP contribution in [-0.2, 0) is 0 Å². The van der Waals surface area contributed by atoms with Crippen molar-refractivity contribution in [2.24, 2.45) is 21.8 Å². The van der Waals surface area contributed by atoms with E-state index in [0.717, 1.165) is 11.8 Å². The van der Waals surface area contributed by atoms with Gasteiger partial charge >= 0.3 is 0 Å². The number of hydrogen-bond donors (Lipinski definition) is 0. The Balaban J connectivity index is 1.64.